The summed E-state index contributed by atoms with van der Waals surface area (Å²) < 4.78 is 35.5. The minimum atomic E-state index is -2.76. The zero-order chi connectivity index (χ0) is 13.0. The number of nitrogens with zero attached hydrogens (tertiary/aromatic N) is 1. The molecule has 0 aliphatic carbocycles. The van der Waals surface area contributed by atoms with E-state index in [2.05, 4.69) is 9.72 Å². The van der Waals surface area contributed by atoms with E-state index in [1.807, 2.05) is 22.6 Å². The highest BCUT2D eigenvalue weighted by atomic mass is 127. The molecule has 1 heterocycles. The molecule has 0 unspecified atom stereocenters. The number of ether oxygens (including phenoxy) is 2. The third-order valence-electron chi connectivity index (χ3n) is 2.05. The van der Waals surface area contributed by atoms with Crippen molar-refractivity contribution in [1.82, 2.24) is 4.98 Å². The van der Waals surface area contributed by atoms with Crippen LogP contribution in [-0.2, 0) is 16.0 Å². The Labute approximate surface area is 110 Å². The molecular formula is C10H10F2INO3. The van der Waals surface area contributed by atoms with Gasteiger partial charge in [-0.15, -0.1) is 0 Å². The summed E-state index contributed by atoms with van der Waals surface area (Å²) in [5.41, 5.74) is -0.193. The number of pyridine rings is 1. The Morgan fingerprint density at radius 3 is 2.65 bits per heavy atom. The first-order valence-electron chi connectivity index (χ1n) is 4.57. The van der Waals surface area contributed by atoms with Crippen LogP contribution in [0.4, 0.5) is 8.78 Å². The largest absolute Gasteiger partial charge is 0.481 e. The van der Waals surface area contributed by atoms with Crippen molar-refractivity contribution in [3.05, 3.63) is 20.9 Å². The van der Waals surface area contributed by atoms with Gasteiger partial charge in [-0.05, 0) is 34.2 Å². The van der Waals surface area contributed by atoms with Crippen LogP contribution in [0, 0.1) is 3.70 Å². The SMILES string of the molecule is COC(=O)Cc1cc(I)nc(OC)c1C(F)F. The second-order valence-corrected chi connectivity index (χ2v) is 4.19. The molecule has 0 bridgehead atoms. The molecule has 0 amide bonds. The highest BCUT2D eigenvalue weighted by Crippen LogP contribution is 2.32. The lowest BCUT2D eigenvalue weighted by atomic mass is 10.1. The number of halogens is 3. The summed E-state index contributed by atoms with van der Waals surface area (Å²) in [5, 5.41) is 0. The number of carbonyl (C=O) groups excluding carboxylic acids is 1. The van der Waals surface area contributed by atoms with Gasteiger partial charge in [-0.1, -0.05) is 0 Å². The van der Waals surface area contributed by atoms with Crippen LogP contribution in [0.2, 0.25) is 0 Å². The van der Waals surface area contributed by atoms with E-state index < -0.39 is 12.4 Å². The van der Waals surface area contributed by atoms with Crippen molar-refractivity contribution < 1.29 is 23.0 Å². The third-order valence-corrected chi connectivity index (χ3v) is 2.60. The molecule has 7 heteroatoms. The van der Waals surface area contributed by atoms with Crippen molar-refractivity contribution in [3.63, 3.8) is 0 Å². The summed E-state index contributed by atoms with van der Waals surface area (Å²) >= 11 is 1.87. The molecule has 1 aromatic heterocycles. The normalized spacial score (nSPS) is 10.5. The lowest BCUT2D eigenvalue weighted by Crippen LogP contribution is -2.10. The van der Waals surface area contributed by atoms with E-state index >= 15 is 0 Å². The number of rotatable bonds is 4. The van der Waals surface area contributed by atoms with Crippen molar-refractivity contribution in [1.29, 1.82) is 0 Å². The van der Waals surface area contributed by atoms with E-state index in [0.29, 0.717) is 3.70 Å². The molecule has 0 saturated carbocycles. The fourth-order valence-electron chi connectivity index (χ4n) is 1.31. The van der Waals surface area contributed by atoms with Crippen LogP contribution in [-0.4, -0.2) is 25.2 Å². The van der Waals surface area contributed by atoms with Crippen molar-refractivity contribution in [3.8, 4) is 5.88 Å². The smallest absolute Gasteiger partial charge is 0.309 e. The molecule has 0 aliphatic heterocycles. The Kier molecular flexibility index (Phi) is 5.03. The second kappa shape index (κ2) is 6.08. The van der Waals surface area contributed by atoms with Crippen molar-refractivity contribution >= 4 is 28.6 Å². The van der Waals surface area contributed by atoms with E-state index in [1.165, 1.54) is 20.3 Å². The molecule has 1 aromatic rings. The monoisotopic (exact) mass is 357 g/mol. The molecule has 0 aliphatic rings. The molecule has 0 N–H and O–H groups in total. The van der Waals surface area contributed by atoms with Gasteiger partial charge in [-0.2, -0.15) is 0 Å². The highest BCUT2D eigenvalue weighted by molar-refractivity contribution is 14.1. The predicted octanol–water partition coefficient (Wildman–Crippen LogP) is 2.35. The van der Waals surface area contributed by atoms with Crippen LogP contribution in [0.5, 0.6) is 5.88 Å². The molecule has 0 spiro atoms. The summed E-state index contributed by atoms with van der Waals surface area (Å²) in [4.78, 5) is 15.0. The van der Waals surface area contributed by atoms with Crippen LogP contribution < -0.4 is 4.74 Å². The van der Waals surface area contributed by atoms with Gasteiger partial charge in [0, 0.05) is 0 Å². The summed E-state index contributed by atoms with van der Waals surface area (Å²) in [6.07, 6.45) is -2.99. The molecule has 0 radical (unpaired) electrons. The zero-order valence-electron chi connectivity index (χ0n) is 9.17. The summed E-state index contributed by atoms with van der Waals surface area (Å²) in [6, 6.07) is 1.42. The maximum atomic E-state index is 12.9. The highest BCUT2D eigenvalue weighted by Gasteiger charge is 2.22. The van der Waals surface area contributed by atoms with Crippen LogP contribution in [0.1, 0.15) is 17.6 Å². The van der Waals surface area contributed by atoms with Crippen LogP contribution in [0.25, 0.3) is 0 Å². The minimum absolute atomic E-state index is 0.161. The maximum Gasteiger partial charge on any atom is 0.309 e. The Balaban J connectivity index is 3.25. The number of aromatic nitrogens is 1. The molecule has 4 nitrogen and oxygen atoms in total. The van der Waals surface area contributed by atoms with Gasteiger partial charge in [0.25, 0.3) is 6.43 Å². The molecule has 0 atom stereocenters. The van der Waals surface area contributed by atoms with E-state index in [0.717, 1.165) is 0 Å². The van der Waals surface area contributed by atoms with Gasteiger partial charge in [-0.3, -0.25) is 4.79 Å². The lowest BCUT2D eigenvalue weighted by molar-refractivity contribution is -0.139. The van der Waals surface area contributed by atoms with E-state index in [4.69, 9.17) is 4.74 Å². The molecule has 1 rings (SSSR count). The van der Waals surface area contributed by atoms with Gasteiger partial charge in [0.15, 0.2) is 0 Å². The lowest BCUT2D eigenvalue weighted by Gasteiger charge is -2.12. The van der Waals surface area contributed by atoms with Gasteiger partial charge in [-0.25, -0.2) is 13.8 Å². The number of methoxy groups -OCH3 is 2. The molecule has 17 heavy (non-hydrogen) atoms. The number of hydrogen-bond acceptors (Lipinski definition) is 4. The third kappa shape index (κ3) is 3.48. The van der Waals surface area contributed by atoms with Gasteiger partial charge in [0.2, 0.25) is 5.88 Å². The Morgan fingerprint density at radius 2 is 2.18 bits per heavy atom. The summed E-state index contributed by atoms with van der Waals surface area (Å²) in [7, 11) is 2.46. The maximum absolute atomic E-state index is 12.9. The first-order chi connectivity index (χ1) is 7.99. The number of carbonyl (C=O) groups is 1. The topological polar surface area (TPSA) is 48.4 Å². The van der Waals surface area contributed by atoms with Crippen molar-refractivity contribution in [2.45, 2.75) is 12.8 Å². The van der Waals surface area contributed by atoms with E-state index in [-0.39, 0.29) is 23.4 Å². The molecule has 0 saturated heterocycles. The van der Waals surface area contributed by atoms with Crippen molar-refractivity contribution in [2.75, 3.05) is 14.2 Å². The van der Waals surface area contributed by atoms with E-state index in [1.54, 1.807) is 0 Å². The molecule has 94 valence electrons. The summed E-state index contributed by atoms with van der Waals surface area (Å²) in [5.74, 6) is -0.748. The predicted molar refractivity (Wildman–Crippen MR) is 64.2 cm³/mol. The molecule has 0 fully saturated rings. The number of hydrogen-bond donors (Lipinski definition) is 0. The Bertz CT molecular complexity index is 426. The fraction of sp³-hybridized carbons (Fsp3) is 0.400. The fourth-order valence-corrected chi connectivity index (χ4v) is 1.91. The van der Waals surface area contributed by atoms with Gasteiger partial charge < -0.3 is 9.47 Å². The minimum Gasteiger partial charge on any atom is -0.481 e. The average Bonchev–Trinajstić information content (AvgIpc) is 2.27. The van der Waals surface area contributed by atoms with Gasteiger partial charge in [0.1, 0.15) is 3.70 Å². The first kappa shape index (κ1) is 14.1. The van der Waals surface area contributed by atoms with Crippen LogP contribution in [0.15, 0.2) is 6.07 Å². The van der Waals surface area contributed by atoms with Crippen molar-refractivity contribution in [2.24, 2.45) is 0 Å². The average molecular weight is 357 g/mol. The molecular weight excluding hydrogens is 347 g/mol. The Hall–Kier alpha value is -0.990. The number of esters is 1. The standard InChI is InChI=1S/C10H10F2INO3/c1-16-7(15)4-5-3-6(13)14-10(17-2)8(5)9(11)12/h3,9H,4H2,1-2H3. The quantitative estimate of drug-likeness (QED) is 0.472. The second-order valence-electron chi connectivity index (χ2n) is 3.08. The summed E-state index contributed by atoms with van der Waals surface area (Å²) in [6.45, 7) is 0. The Morgan fingerprint density at radius 1 is 1.53 bits per heavy atom. The van der Waals surface area contributed by atoms with Gasteiger partial charge in [0.05, 0.1) is 26.2 Å². The zero-order valence-corrected chi connectivity index (χ0v) is 11.3. The first-order valence-corrected chi connectivity index (χ1v) is 5.65. The van der Waals surface area contributed by atoms with Crippen LogP contribution >= 0.6 is 22.6 Å². The van der Waals surface area contributed by atoms with E-state index in [9.17, 15) is 13.6 Å². The van der Waals surface area contributed by atoms with Crippen LogP contribution in [0.3, 0.4) is 0 Å². The van der Waals surface area contributed by atoms with Gasteiger partial charge >= 0.3 is 5.97 Å². The number of alkyl halides is 2. The molecule has 0 aromatic carbocycles.